The average Bonchev–Trinajstić information content (AvgIpc) is 2.80. The van der Waals surface area contributed by atoms with Gasteiger partial charge in [0, 0.05) is 35.0 Å². The van der Waals surface area contributed by atoms with Crippen LogP contribution in [0.25, 0.3) is 0 Å². The van der Waals surface area contributed by atoms with Crippen molar-refractivity contribution < 1.29 is 19.6 Å². The van der Waals surface area contributed by atoms with Crippen LogP contribution < -0.4 is 27.2 Å². The number of hydroxylamine groups is 1. The summed E-state index contributed by atoms with van der Waals surface area (Å²) in [4.78, 5) is 35.6. The highest BCUT2D eigenvalue weighted by molar-refractivity contribution is 5.97. The van der Waals surface area contributed by atoms with E-state index in [-0.39, 0.29) is 19.9 Å². The Morgan fingerprint density at radius 3 is 2.09 bits per heavy atom. The number of carbonyl (C=O) groups excluding carboxylic acids is 3. The minimum atomic E-state index is -1.03. The second-order valence-electron chi connectivity index (χ2n) is 7.70. The molecule has 9 nitrogen and oxygen atoms in total. The molecule has 9 heteroatoms. The third kappa shape index (κ3) is 7.71. The number of anilines is 1. The van der Waals surface area contributed by atoms with E-state index in [0.29, 0.717) is 29.4 Å². The fraction of sp³-hybridized carbons (Fsp3) is 0.320. The topological polar surface area (TPSA) is 146 Å². The first kappa shape index (κ1) is 26.5. The summed E-state index contributed by atoms with van der Waals surface area (Å²) >= 11 is 0. The first-order valence-corrected chi connectivity index (χ1v) is 10.7. The number of benzene rings is 2. The highest BCUT2D eigenvalue weighted by atomic mass is 16.5. The van der Waals surface area contributed by atoms with E-state index in [9.17, 15) is 14.4 Å². The largest absolute Gasteiger partial charge is 0.339 e. The van der Waals surface area contributed by atoms with Crippen LogP contribution in [0, 0.1) is 11.8 Å². The van der Waals surface area contributed by atoms with Gasteiger partial charge in [0.05, 0.1) is 6.54 Å². The number of nitrogens with one attached hydrogen (secondary N) is 4. The molecule has 1 aliphatic rings. The molecule has 0 radical (unpaired) electrons. The molecule has 180 valence electrons. The predicted octanol–water partition coefficient (Wildman–Crippen LogP) is 1.37. The number of rotatable bonds is 8. The summed E-state index contributed by atoms with van der Waals surface area (Å²) in [6.07, 6.45) is 3.49. The van der Waals surface area contributed by atoms with E-state index in [1.807, 2.05) is 12.1 Å². The molecule has 34 heavy (non-hydrogen) atoms. The zero-order valence-corrected chi connectivity index (χ0v) is 18.1. The molecule has 7 N–H and O–H groups in total. The molecular formula is C25H31N5O4. The van der Waals surface area contributed by atoms with Gasteiger partial charge in [-0.15, -0.1) is 0 Å². The Balaban J connectivity index is 0.00000408. The van der Waals surface area contributed by atoms with Crippen LogP contribution in [-0.2, 0) is 9.59 Å². The first-order valence-electron chi connectivity index (χ1n) is 10.7. The van der Waals surface area contributed by atoms with Crippen LogP contribution >= 0.6 is 0 Å². The summed E-state index contributed by atoms with van der Waals surface area (Å²) in [5.41, 5.74) is 9.42. The van der Waals surface area contributed by atoms with E-state index in [1.54, 1.807) is 36.4 Å². The number of amides is 3. The van der Waals surface area contributed by atoms with E-state index >= 15 is 0 Å². The van der Waals surface area contributed by atoms with Crippen molar-refractivity contribution in [1.29, 1.82) is 0 Å². The Labute approximate surface area is 199 Å². The van der Waals surface area contributed by atoms with Crippen LogP contribution in [0.1, 0.15) is 48.2 Å². The molecule has 0 unspecified atom stereocenters. The van der Waals surface area contributed by atoms with E-state index in [0.717, 1.165) is 18.4 Å². The first-order chi connectivity index (χ1) is 16.0. The summed E-state index contributed by atoms with van der Waals surface area (Å²) in [5.74, 6) is 4.70. The number of nitrogens with two attached hydrogens (primary N) is 1. The van der Waals surface area contributed by atoms with Gasteiger partial charge in [-0.1, -0.05) is 25.7 Å². The van der Waals surface area contributed by atoms with Gasteiger partial charge in [-0.25, -0.2) is 5.48 Å². The smallest absolute Gasteiger partial charge is 0.267 e. The monoisotopic (exact) mass is 465 g/mol. The standard InChI is InChI=1S/C24H27N5O4.CH4/c25-14-21(24(32)29-33)28-23(31)18-10-6-16(7-11-18)4-5-17-8-12-20(13-9-17)27-22(30)15-26-19-2-1-3-19;/h6-13,19,21,26,33H,1-3,14-15,25H2,(H,27,30)(H,28,31)(H,29,32);1H4/t21-;/m0./s1. The molecule has 0 spiro atoms. The highest BCUT2D eigenvalue weighted by Gasteiger charge is 2.19. The molecule has 1 saturated carbocycles. The van der Waals surface area contributed by atoms with Gasteiger partial charge in [-0.05, 0) is 61.4 Å². The molecule has 1 fully saturated rings. The molecule has 0 aromatic heterocycles. The summed E-state index contributed by atoms with van der Waals surface area (Å²) in [6, 6.07) is 13.2. The number of hydrogen-bond donors (Lipinski definition) is 6. The summed E-state index contributed by atoms with van der Waals surface area (Å²) in [7, 11) is 0. The summed E-state index contributed by atoms with van der Waals surface area (Å²) in [5, 5.41) is 17.2. The molecule has 3 rings (SSSR count). The van der Waals surface area contributed by atoms with Gasteiger partial charge in [-0.2, -0.15) is 0 Å². The van der Waals surface area contributed by atoms with Crippen molar-refractivity contribution >= 4 is 23.4 Å². The zero-order chi connectivity index (χ0) is 23.6. The lowest BCUT2D eigenvalue weighted by Gasteiger charge is -2.26. The predicted molar refractivity (Wildman–Crippen MR) is 130 cm³/mol. The van der Waals surface area contributed by atoms with E-state index in [2.05, 4.69) is 27.8 Å². The Bertz CT molecular complexity index is 1040. The number of carbonyl (C=O) groups is 3. The van der Waals surface area contributed by atoms with Crippen molar-refractivity contribution in [2.24, 2.45) is 5.73 Å². The van der Waals surface area contributed by atoms with Crippen molar-refractivity contribution in [3.05, 3.63) is 65.2 Å². The van der Waals surface area contributed by atoms with Gasteiger partial charge in [0.2, 0.25) is 5.91 Å². The van der Waals surface area contributed by atoms with Crippen molar-refractivity contribution in [1.82, 2.24) is 16.1 Å². The maximum atomic E-state index is 12.2. The maximum absolute atomic E-state index is 12.2. The van der Waals surface area contributed by atoms with Gasteiger partial charge < -0.3 is 21.7 Å². The molecule has 2 aromatic carbocycles. The maximum Gasteiger partial charge on any atom is 0.267 e. The van der Waals surface area contributed by atoms with Gasteiger partial charge >= 0.3 is 0 Å². The molecule has 1 aliphatic carbocycles. The Hall–Kier alpha value is -3.71. The third-order valence-electron chi connectivity index (χ3n) is 5.29. The second-order valence-corrected chi connectivity index (χ2v) is 7.70. The average molecular weight is 466 g/mol. The minimum Gasteiger partial charge on any atom is -0.339 e. The Kier molecular flexibility index (Phi) is 10.2. The molecule has 1 atom stereocenters. The Morgan fingerprint density at radius 2 is 1.59 bits per heavy atom. The van der Waals surface area contributed by atoms with Crippen molar-refractivity contribution in [3.63, 3.8) is 0 Å². The fourth-order valence-corrected chi connectivity index (χ4v) is 3.09. The molecule has 3 amide bonds. The van der Waals surface area contributed by atoms with E-state index < -0.39 is 17.9 Å². The molecule has 0 bridgehead atoms. The lowest BCUT2D eigenvalue weighted by Crippen LogP contribution is -2.50. The van der Waals surface area contributed by atoms with Gasteiger partial charge in [0.1, 0.15) is 6.04 Å². The van der Waals surface area contributed by atoms with E-state index in [1.165, 1.54) is 11.9 Å². The quantitative estimate of drug-likeness (QED) is 0.197. The lowest BCUT2D eigenvalue weighted by molar-refractivity contribution is -0.130. The normalized spacial score (nSPS) is 13.2. The SMILES string of the molecule is C.NC[C@H](NC(=O)c1ccc(C#Cc2ccc(NC(=O)CNC3CCC3)cc2)cc1)C(=O)NO. The van der Waals surface area contributed by atoms with Crippen LogP contribution in [0.2, 0.25) is 0 Å². The van der Waals surface area contributed by atoms with Crippen molar-refractivity contribution in [3.8, 4) is 11.8 Å². The zero-order valence-electron chi connectivity index (χ0n) is 18.1. The van der Waals surface area contributed by atoms with Crippen LogP contribution in [-0.4, -0.2) is 48.1 Å². The highest BCUT2D eigenvalue weighted by Crippen LogP contribution is 2.17. The van der Waals surface area contributed by atoms with Gasteiger partial charge in [0.15, 0.2) is 0 Å². The number of hydrogen-bond acceptors (Lipinski definition) is 6. The molecule has 0 saturated heterocycles. The van der Waals surface area contributed by atoms with Crippen molar-refractivity contribution in [2.75, 3.05) is 18.4 Å². The molecular weight excluding hydrogens is 434 g/mol. The van der Waals surface area contributed by atoms with Crippen molar-refractivity contribution in [2.45, 2.75) is 38.8 Å². The van der Waals surface area contributed by atoms with Gasteiger partial charge in [0.25, 0.3) is 11.8 Å². The molecule has 2 aromatic rings. The van der Waals surface area contributed by atoms with Crippen LogP contribution in [0.3, 0.4) is 0 Å². The summed E-state index contributed by atoms with van der Waals surface area (Å²) in [6.45, 7) is 0.156. The fourth-order valence-electron chi connectivity index (χ4n) is 3.09. The van der Waals surface area contributed by atoms with Crippen LogP contribution in [0.4, 0.5) is 5.69 Å². The Morgan fingerprint density at radius 1 is 1.00 bits per heavy atom. The molecule has 0 heterocycles. The summed E-state index contributed by atoms with van der Waals surface area (Å²) < 4.78 is 0. The van der Waals surface area contributed by atoms with Gasteiger partial charge in [-0.3, -0.25) is 19.6 Å². The van der Waals surface area contributed by atoms with Crippen LogP contribution in [0.15, 0.2) is 48.5 Å². The molecule has 0 aliphatic heterocycles. The second kappa shape index (κ2) is 13.1. The van der Waals surface area contributed by atoms with E-state index in [4.69, 9.17) is 10.9 Å². The minimum absolute atomic E-state index is 0. The third-order valence-corrected chi connectivity index (χ3v) is 5.29. The lowest BCUT2D eigenvalue weighted by atomic mass is 9.93. The van der Waals surface area contributed by atoms with Crippen LogP contribution in [0.5, 0.6) is 0 Å².